The molecule has 3 heteroatoms. The molecule has 2 aromatic rings. The summed E-state index contributed by atoms with van der Waals surface area (Å²) in [6.07, 6.45) is 4.85. The molecule has 0 aliphatic rings. The number of unbranched alkanes of at least 4 members (excludes halogenated alkanes) is 1. The predicted octanol–water partition coefficient (Wildman–Crippen LogP) is 4.63. The summed E-state index contributed by atoms with van der Waals surface area (Å²) in [5.74, 6) is 0.875. The lowest BCUT2D eigenvalue weighted by atomic mass is 10.0. The first-order chi connectivity index (χ1) is 9.74. The third kappa shape index (κ3) is 3.80. The van der Waals surface area contributed by atoms with Crippen LogP contribution in [0.25, 0.3) is 0 Å². The maximum Gasteiger partial charge on any atom is 0.136 e. The zero-order valence-electron chi connectivity index (χ0n) is 12.2. The van der Waals surface area contributed by atoms with Crippen molar-refractivity contribution in [1.29, 1.82) is 0 Å². The number of benzene rings is 1. The third-order valence-corrected chi connectivity index (χ3v) is 3.72. The van der Waals surface area contributed by atoms with Gasteiger partial charge in [-0.05, 0) is 18.4 Å². The van der Waals surface area contributed by atoms with Crippen LogP contribution < -0.4 is 0 Å². The van der Waals surface area contributed by atoms with E-state index in [1.54, 1.807) is 0 Å². The van der Waals surface area contributed by atoms with Crippen LogP contribution in [0.3, 0.4) is 0 Å². The van der Waals surface area contributed by atoms with Crippen LogP contribution in [0, 0.1) is 0 Å². The molecule has 0 atom stereocenters. The quantitative estimate of drug-likeness (QED) is 0.725. The Balaban J connectivity index is 2.31. The molecule has 106 valence electrons. The molecule has 0 saturated heterocycles. The van der Waals surface area contributed by atoms with Gasteiger partial charge in [0.2, 0.25) is 0 Å². The van der Waals surface area contributed by atoms with Crippen molar-refractivity contribution >= 4 is 11.6 Å². The molecule has 0 aliphatic carbocycles. The Kier molecular flexibility index (Phi) is 5.54. The number of hydrogen-bond acceptors (Lipinski definition) is 2. The summed E-state index contributed by atoms with van der Waals surface area (Å²) in [6.45, 7) is 4.28. The first-order valence-electron chi connectivity index (χ1n) is 7.32. The number of aryl methyl sites for hydroxylation is 1. The monoisotopic (exact) mass is 288 g/mol. The Labute approximate surface area is 126 Å². The molecule has 2 rings (SSSR count). The summed E-state index contributed by atoms with van der Waals surface area (Å²) in [6, 6.07) is 10.4. The van der Waals surface area contributed by atoms with Crippen molar-refractivity contribution in [2.24, 2.45) is 0 Å². The van der Waals surface area contributed by atoms with Crippen LogP contribution in [0.5, 0.6) is 0 Å². The Morgan fingerprint density at radius 3 is 2.45 bits per heavy atom. The highest BCUT2D eigenvalue weighted by molar-refractivity contribution is 6.30. The van der Waals surface area contributed by atoms with Crippen molar-refractivity contribution < 1.29 is 0 Å². The van der Waals surface area contributed by atoms with Gasteiger partial charge < -0.3 is 0 Å². The molecule has 2 nitrogen and oxygen atoms in total. The molecule has 0 fully saturated rings. The summed E-state index contributed by atoms with van der Waals surface area (Å²) in [5.41, 5.74) is 3.42. The molecule has 0 unspecified atom stereocenters. The Hall–Kier alpha value is -1.41. The summed E-state index contributed by atoms with van der Waals surface area (Å²) in [7, 11) is 0. The van der Waals surface area contributed by atoms with Gasteiger partial charge in [0, 0.05) is 18.4 Å². The standard InChI is InChI=1S/C17H21ClN2/c1-3-5-11-16-19-15(14(4-2)17(18)20-16)12-13-9-7-6-8-10-13/h6-10H,3-5,11-12H2,1-2H3. The Bertz CT molecular complexity index is 552. The highest BCUT2D eigenvalue weighted by Gasteiger charge is 2.12. The van der Waals surface area contributed by atoms with Gasteiger partial charge in [0.15, 0.2) is 0 Å². The lowest BCUT2D eigenvalue weighted by Gasteiger charge is -2.11. The molecule has 0 spiro atoms. The van der Waals surface area contributed by atoms with E-state index >= 15 is 0 Å². The third-order valence-electron chi connectivity index (χ3n) is 3.41. The molecule has 0 aliphatic heterocycles. The van der Waals surface area contributed by atoms with Gasteiger partial charge in [0.1, 0.15) is 11.0 Å². The van der Waals surface area contributed by atoms with Gasteiger partial charge in [-0.25, -0.2) is 9.97 Å². The molecule has 1 aromatic heterocycles. The van der Waals surface area contributed by atoms with E-state index in [-0.39, 0.29) is 0 Å². The van der Waals surface area contributed by atoms with Crippen molar-refractivity contribution in [3.8, 4) is 0 Å². The van der Waals surface area contributed by atoms with E-state index in [9.17, 15) is 0 Å². The molecular formula is C17H21ClN2. The van der Waals surface area contributed by atoms with Crippen molar-refractivity contribution in [3.63, 3.8) is 0 Å². The van der Waals surface area contributed by atoms with Crippen LogP contribution >= 0.6 is 11.6 Å². The van der Waals surface area contributed by atoms with Crippen LogP contribution in [0.15, 0.2) is 30.3 Å². The fourth-order valence-corrected chi connectivity index (χ4v) is 2.62. The van der Waals surface area contributed by atoms with E-state index in [1.165, 1.54) is 5.56 Å². The molecule has 0 saturated carbocycles. The van der Waals surface area contributed by atoms with Gasteiger partial charge in [-0.2, -0.15) is 0 Å². The summed E-state index contributed by atoms with van der Waals surface area (Å²) in [5, 5.41) is 0.625. The maximum absolute atomic E-state index is 6.33. The molecule has 0 N–H and O–H groups in total. The van der Waals surface area contributed by atoms with E-state index in [2.05, 4.69) is 43.1 Å². The number of rotatable bonds is 6. The average molecular weight is 289 g/mol. The van der Waals surface area contributed by atoms with E-state index < -0.39 is 0 Å². The zero-order valence-corrected chi connectivity index (χ0v) is 13.0. The van der Waals surface area contributed by atoms with Gasteiger partial charge in [-0.1, -0.05) is 62.2 Å². The molecule has 0 bridgehead atoms. The minimum absolute atomic E-state index is 0.625. The zero-order chi connectivity index (χ0) is 14.4. The molecular weight excluding hydrogens is 268 g/mol. The second-order valence-electron chi connectivity index (χ2n) is 4.98. The van der Waals surface area contributed by atoms with E-state index in [4.69, 9.17) is 16.6 Å². The highest BCUT2D eigenvalue weighted by Crippen LogP contribution is 2.21. The predicted molar refractivity (Wildman–Crippen MR) is 84.3 cm³/mol. The van der Waals surface area contributed by atoms with Gasteiger partial charge >= 0.3 is 0 Å². The molecule has 1 aromatic carbocycles. The summed E-state index contributed by atoms with van der Waals surface area (Å²) < 4.78 is 0. The first-order valence-corrected chi connectivity index (χ1v) is 7.70. The minimum Gasteiger partial charge on any atom is -0.237 e. The Morgan fingerprint density at radius 2 is 1.80 bits per heavy atom. The number of halogens is 1. The summed E-state index contributed by atoms with van der Waals surface area (Å²) in [4.78, 5) is 9.18. The lowest BCUT2D eigenvalue weighted by Crippen LogP contribution is -2.06. The normalized spacial score (nSPS) is 10.8. The SMILES string of the molecule is CCCCc1nc(Cl)c(CC)c(Cc2ccccc2)n1. The maximum atomic E-state index is 6.33. The lowest BCUT2D eigenvalue weighted by molar-refractivity contribution is 0.740. The van der Waals surface area contributed by atoms with E-state index in [0.29, 0.717) is 5.15 Å². The summed E-state index contributed by atoms with van der Waals surface area (Å²) >= 11 is 6.33. The van der Waals surface area contributed by atoms with Gasteiger partial charge in [0.05, 0.1) is 5.69 Å². The van der Waals surface area contributed by atoms with Crippen molar-refractivity contribution in [2.45, 2.75) is 46.0 Å². The fourth-order valence-electron chi connectivity index (χ4n) is 2.28. The van der Waals surface area contributed by atoms with Crippen LogP contribution in [-0.2, 0) is 19.3 Å². The highest BCUT2D eigenvalue weighted by atomic mass is 35.5. The molecule has 0 amide bonds. The first kappa shape index (κ1) is 15.0. The van der Waals surface area contributed by atoms with E-state index in [0.717, 1.165) is 49.2 Å². The number of aromatic nitrogens is 2. The fraction of sp³-hybridized carbons (Fsp3) is 0.412. The van der Waals surface area contributed by atoms with Crippen molar-refractivity contribution in [1.82, 2.24) is 9.97 Å². The smallest absolute Gasteiger partial charge is 0.136 e. The second-order valence-corrected chi connectivity index (χ2v) is 5.33. The van der Waals surface area contributed by atoms with Gasteiger partial charge in [0.25, 0.3) is 0 Å². The topological polar surface area (TPSA) is 25.8 Å². The van der Waals surface area contributed by atoms with Gasteiger partial charge in [-0.3, -0.25) is 0 Å². The Morgan fingerprint density at radius 1 is 1.05 bits per heavy atom. The van der Waals surface area contributed by atoms with Gasteiger partial charge in [-0.15, -0.1) is 0 Å². The molecule has 0 radical (unpaired) electrons. The van der Waals surface area contributed by atoms with Crippen LogP contribution in [-0.4, -0.2) is 9.97 Å². The van der Waals surface area contributed by atoms with E-state index in [1.807, 2.05) is 6.07 Å². The minimum atomic E-state index is 0.625. The average Bonchev–Trinajstić information content (AvgIpc) is 2.46. The van der Waals surface area contributed by atoms with Crippen LogP contribution in [0.4, 0.5) is 0 Å². The molecule has 1 heterocycles. The largest absolute Gasteiger partial charge is 0.237 e. The second kappa shape index (κ2) is 7.39. The molecule has 20 heavy (non-hydrogen) atoms. The number of nitrogens with zero attached hydrogens (tertiary/aromatic N) is 2. The van der Waals surface area contributed by atoms with Crippen molar-refractivity contribution in [2.75, 3.05) is 0 Å². The van der Waals surface area contributed by atoms with Crippen LogP contribution in [0.2, 0.25) is 5.15 Å². The van der Waals surface area contributed by atoms with Crippen LogP contribution in [0.1, 0.15) is 49.3 Å². The number of hydrogen-bond donors (Lipinski definition) is 0. The van der Waals surface area contributed by atoms with Crippen molar-refractivity contribution in [3.05, 3.63) is 58.1 Å².